The molecule has 5 nitrogen and oxygen atoms in total. The molecule has 0 radical (unpaired) electrons. The fourth-order valence-electron chi connectivity index (χ4n) is 7.28. The minimum atomic E-state index is -3.26. The van der Waals surface area contributed by atoms with Crippen molar-refractivity contribution in [3.05, 3.63) is 180 Å². The monoisotopic (exact) mass is 792 g/mol. The summed E-state index contributed by atoms with van der Waals surface area (Å²) in [5, 5.41) is 11.8. The van der Waals surface area contributed by atoms with Gasteiger partial charge < -0.3 is 0 Å². The molecule has 0 N–H and O–H groups in total. The van der Waals surface area contributed by atoms with Crippen molar-refractivity contribution in [2.75, 3.05) is 0 Å². The maximum atomic E-state index is 9.56. The zero-order chi connectivity index (χ0) is 35.5. The Hall–Kier alpha value is -6.56. The normalized spacial score (nSPS) is 15.8. The van der Waals surface area contributed by atoms with Gasteiger partial charge in [0.1, 0.15) is 0 Å². The number of furan rings is 1. The second-order valence-electron chi connectivity index (χ2n) is 13.0. The number of nitrogens with zero attached hydrogens (tertiary/aromatic N) is 4. The van der Waals surface area contributed by atoms with E-state index in [0.717, 1.165) is 44.2 Å². The molecule has 1 atom stereocenters. The number of rotatable bonds is 5. The van der Waals surface area contributed by atoms with E-state index in [4.69, 9.17) is 23.9 Å². The van der Waals surface area contributed by atoms with Crippen LogP contribution in [-0.2, 0) is 0 Å². The summed E-state index contributed by atoms with van der Waals surface area (Å²) in [5.74, 6) is 1.67. The minimum absolute atomic E-state index is 0.522. The van der Waals surface area contributed by atoms with Crippen LogP contribution in [0.15, 0.2) is 168 Å². The number of hydrogen-bond donors (Lipinski definition) is 0. The fourth-order valence-corrected chi connectivity index (χ4v) is 15.5. The summed E-state index contributed by atoms with van der Waals surface area (Å²) in [6, 6.07) is 58.6. The van der Waals surface area contributed by atoms with Crippen molar-refractivity contribution in [3.63, 3.8) is 0 Å². The predicted octanol–water partition coefficient (Wildman–Crippen LogP) is 11.7. The van der Waals surface area contributed by atoms with E-state index in [0.29, 0.717) is 23.0 Å². The fraction of sp³-hybridized carbons (Fsp3) is 0. The topological polar surface area (TPSA) is 75.6 Å². The standard InChI is InChI=1S/C47H29IN4O/c1-48(36-22-18-32(19-23-36)46-50-45(31-11-3-2-4-12-31)51-47(52-46)35-13-9-10-30(26-35)29-49)41-16-7-5-14-37(41)38-24-20-34(28-42(38)48)33-21-25-44-40(27-33)39-15-6-8-17-43(39)53-44/h2-28H,1H2. The first-order chi connectivity index (χ1) is 26.1. The van der Waals surface area contributed by atoms with E-state index < -0.39 is 18.0 Å². The van der Waals surface area contributed by atoms with Crippen LogP contribution in [0.25, 0.3) is 78.4 Å². The van der Waals surface area contributed by atoms with E-state index >= 15 is 0 Å². The zero-order valence-corrected chi connectivity index (χ0v) is 30.5. The molecule has 3 heterocycles. The van der Waals surface area contributed by atoms with Crippen molar-refractivity contribution >= 4 is 44.4 Å². The Bertz CT molecular complexity index is 3000. The van der Waals surface area contributed by atoms with Gasteiger partial charge in [-0.1, -0.05) is 0 Å². The number of aromatic nitrogens is 3. The molecule has 0 amide bonds. The summed E-state index contributed by atoms with van der Waals surface area (Å²) >= 11 is -3.26. The SMILES string of the molecule is C=I1(c2ccc(-c3nc(-c4ccccc4)nc(-c4cccc(C#N)c4)n3)cc2)c2ccccc2-c2ccc(-c3ccc4oc5ccccc5c4c3)cc21. The molecule has 250 valence electrons. The Morgan fingerprint density at radius 1 is 0.472 bits per heavy atom. The second kappa shape index (κ2) is 12.3. The molecule has 1 aliphatic rings. The van der Waals surface area contributed by atoms with Crippen LogP contribution in [0.4, 0.5) is 0 Å². The van der Waals surface area contributed by atoms with E-state index in [2.05, 4.69) is 103 Å². The molecule has 0 spiro atoms. The molecule has 9 aromatic rings. The molecule has 1 aliphatic heterocycles. The molecule has 0 aliphatic carbocycles. The number of fused-ring (bicyclic) bond motifs is 6. The van der Waals surface area contributed by atoms with Crippen LogP contribution in [0.5, 0.6) is 0 Å². The summed E-state index contributed by atoms with van der Waals surface area (Å²) in [6.07, 6.45) is 0. The third kappa shape index (κ3) is 5.12. The molecular weight excluding hydrogens is 763 g/mol. The van der Waals surface area contributed by atoms with Crippen molar-refractivity contribution in [2.24, 2.45) is 0 Å². The molecule has 1 unspecified atom stereocenters. The molecular formula is C47H29IN4O. The van der Waals surface area contributed by atoms with Crippen molar-refractivity contribution in [1.82, 2.24) is 15.0 Å². The van der Waals surface area contributed by atoms with Gasteiger partial charge in [0, 0.05) is 0 Å². The summed E-state index contributed by atoms with van der Waals surface area (Å²) in [4.78, 5) is 14.7. The Kier molecular flexibility index (Phi) is 7.24. The average molecular weight is 793 g/mol. The molecule has 7 aromatic carbocycles. The molecule has 53 heavy (non-hydrogen) atoms. The van der Waals surface area contributed by atoms with Crippen molar-refractivity contribution < 1.29 is 4.42 Å². The number of hydrogen-bond acceptors (Lipinski definition) is 5. The Morgan fingerprint density at radius 3 is 1.89 bits per heavy atom. The first-order valence-corrected chi connectivity index (χ1v) is 22.0. The van der Waals surface area contributed by atoms with Crippen LogP contribution in [0.2, 0.25) is 0 Å². The van der Waals surface area contributed by atoms with E-state index in [-0.39, 0.29) is 0 Å². The first-order valence-electron chi connectivity index (χ1n) is 17.2. The molecule has 0 saturated heterocycles. The summed E-state index contributed by atoms with van der Waals surface area (Å²) in [7, 11) is 0. The first kappa shape index (κ1) is 31.2. The van der Waals surface area contributed by atoms with Crippen LogP contribution in [-0.4, -0.2) is 19.5 Å². The van der Waals surface area contributed by atoms with Gasteiger partial charge >= 0.3 is 312 Å². The Balaban J connectivity index is 1.08. The molecule has 0 fully saturated rings. The van der Waals surface area contributed by atoms with Crippen molar-refractivity contribution in [2.45, 2.75) is 0 Å². The van der Waals surface area contributed by atoms with Crippen LogP contribution < -0.4 is 0 Å². The van der Waals surface area contributed by atoms with Gasteiger partial charge in [-0.15, -0.1) is 0 Å². The average Bonchev–Trinajstić information content (AvgIpc) is 3.73. The van der Waals surface area contributed by atoms with Gasteiger partial charge in [0.2, 0.25) is 0 Å². The number of halogens is 1. The van der Waals surface area contributed by atoms with Crippen molar-refractivity contribution in [3.8, 4) is 62.5 Å². The predicted molar refractivity (Wildman–Crippen MR) is 223 cm³/mol. The van der Waals surface area contributed by atoms with Crippen LogP contribution >= 0.6 is 18.0 Å². The zero-order valence-electron chi connectivity index (χ0n) is 28.4. The molecule has 6 heteroatoms. The van der Waals surface area contributed by atoms with E-state index in [9.17, 15) is 5.26 Å². The van der Waals surface area contributed by atoms with Gasteiger partial charge in [-0.3, -0.25) is 0 Å². The van der Waals surface area contributed by atoms with Gasteiger partial charge in [0.25, 0.3) is 0 Å². The third-order valence-electron chi connectivity index (χ3n) is 9.93. The van der Waals surface area contributed by atoms with Crippen LogP contribution in [0, 0.1) is 22.0 Å². The number of nitriles is 1. The van der Waals surface area contributed by atoms with E-state index in [1.807, 2.05) is 60.7 Å². The van der Waals surface area contributed by atoms with Gasteiger partial charge in [-0.05, 0) is 0 Å². The van der Waals surface area contributed by atoms with Gasteiger partial charge in [-0.2, -0.15) is 0 Å². The Morgan fingerprint density at radius 2 is 1.08 bits per heavy atom. The van der Waals surface area contributed by atoms with E-state index in [1.165, 1.54) is 27.4 Å². The molecule has 0 saturated carbocycles. The quantitative estimate of drug-likeness (QED) is 0.162. The number of para-hydroxylation sites is 1. The summed E-state index contributed by atoms with van der Waals surface area (Å²) in [5.41, 5.74) is 9.76. The number of benzene rings is 7. The molecule has 10 rings (SSSR count). The van der Waals surface area contributed by atoms with Gasteiger partial charge in [0.15, 0.2) is 0 Å². The third-order valence-corrected chi connectivity index (χ3v) is 18.6. The summed E-state index contributed by atoms with van der Waals surface area (Å²) < 4.78 is 15.2. The second-order valence-corrected chi connectivity index (χ2v) is 20.5. The van der Waals surface area contributed by atoms with Crippen LogP contribution in [0.3, 0.4) is 0 Å². The molecule has 2 aromatic heterocycles. The van der Waals surface area contributed by atoms with Crippen molar-refractivity contribution in [1.29, 1.82) is 5.26 Å². The van der Waals surface area contributed by atoms with E-state index in [1.54, 1.807) is 6.07 Å². The Labute approximate surface area is 309 Å². The summed E-state index contributed by atoms with van der Waals surface area (Å²) in [6.45, 7) is 0. The van der Waals surface area contributed by atoms with Gasteiger partial charge in [-0.25, -0.2) is 0 Å². The molecule has 0 bridgehead atoms. The maximum absolute atomic E-state index is 9.56. The van der Waals surface area contributed by atoms with Gasteiger partial charge in [0.05, 0.1) is 0 Å². The van der Waals surface area contributed by atoms with Crippen LogP contribution in [0.1, 0.15) is 5.56 Å².